The van der Waals surface area contributed by atoms with Gasteiger partial charge in [-0.3, -0.25) is 0 Å². The molecule has 0 aliphatic rings. The molecule has 2 aromatic rings. The molecule has 0 amide bonds. The zero-order valence-corrected chi connectivity index (χ0v) is 11.1. The van der Waals surface area contributed by atoms with E-state index >= 15 is 0 Å². The Kier molecular flexibility index (Phi) is 3.74. The summed E-state index contributed by atoms with van der Waals surface area (Å²) in [6.45, 7) is 0. The highest BCUT2D eigenvalue weighted by Gasteiger charge is 2.19. The lowest BCUT2D eigenvalue weighted by molar-refractivity contribution is 0.486. The first-order valence-electron chi connectivity index (χ1n) is 5.22. The van der Waals surface area contributed by atoms with Crippen molar-refractivity contribution in [1.82, 2.24) is 0 Å². The molecule has 0 saturated carbocycles. The zero-order valence-electron chi connectivity index (χ0n) is 9.58. The van der Waals surface area contributed by atoms with Crippen LogP contribution in [0.5, 0.6) is 5.75 Å². The van der Waals surface area contributed by atoms with E-state index in [-0.39, 0.29) is 15.7 Å². The third-order valence-corrected chi connectivity index (χ3v) is 4.02. The van der Waals surface area contributed by atoms with Crippen LogP contribution in [0.1, 0.15) is 5.56 Å². The summed E-state index contributed by atoms with van der Waals surface area (Å²) in [7, 11) is -4.01. The van der Waals surface area contributed by atoms with E-state index in [9.17, 15) is 8.42 Å². The van der Waals surface area contributed by atoms with Gasteiger partial charge in [0.25, 0.3) is 0 Å². The number of benzene rings is 2. The molecule has 0 atom stereocenters. The first-order valence-corrected chi connectivity index (χ1v) is 7.01. The molecule has 2 aromatic carbocycles. The van der Waals surface area contributed by atoms with E-state index in [0.717, 1.165) is 0 Å². The Morgan fingerprint density at radius 1 is 1.11 bits per heavy atom. The Morgan fingerprint density at radius 2 is 1.84 bits per heavy atom. The van der Waals surface area contributed by atoms with Gasteiger partial charge in [0.1, 0.15) is 10.6 Å². The number of hydrogen-bond acceptors (Lipinski definition) is 4. The second-order valence-electron chi connectivity index (χ2n) is 3.61. The summed E-state index contributed by atoms with van der Waals surface area (Å²) < 4.78 is 29.0. The maximum Gasteiger partial charge on any atom is 0.340 e. The Balaban J connectivity index is 2.37. The highest BCUT2D eigenvalue weighted by atomic mass is 35.5. The van der Waals surface area contributed by atoms with E-state index < -0.39 is 10.1 Å². The van der Waals surface area contributed by atoms with Gasteiger partial charge in [0.15, 0.2) is 0 Å². The largest absolute Gasteiger partial charge is 0.379 e. The molecule has 0 spiro atoms. The molecule has 6 heteroatoms. The molecule has 0 unspecified atom stereocenters. The molecule has 0 bridgehead atoms. The SMILES string of the molecule is N#Cc1cccc(OS(=O)(=O)c2ccccc2Cl)c1. The Bertz CT molecular complexity index is 750. The minimum Gasteiger partial charge on any atom is -0.379 e. The lowest BCUT2D eigenvalue weighted by Crippen LogP contribution is -2.10. The third kappa shape index (κ3) is 3.05. The van der Waals surface area contributed by atoms with Gasteiger partial charge in [0.2, 0.25) is 0 Å². The van der Waals surface area contributed by atoms with Gasteiger partial charge in [-0.25, -0.2) is 0 Å². The van der Waals surface area contributed by atoms with Crippen molar-refractivity contribution in [1.29, 1.82) is 5.26 Å². The molecule has 0 radical (unpaired) electrons. The summed E-state index contributed by atoms with van der Waals surface area (Å²) in [5, 5.41) is 8.83. The molecule has 2 rings (SSSR count). The minimum atomic E-state index is -4.01. The van der Waals surface area contributed by atoms with Crippen LogP contribution >= 0.6 is 11.6 Å². The molecule has 0 heterocycles. The highest BCUT2D eigenvalue weighted by molar-refractivity contribution is 7.87. The van der Waals surface area contributed by atoms with Gasteiger partial charge in [0.05, 0.1) is 16.7 Å². The van der Waals surface area contributed by atoms with Crippen LogP contribution < -0.4 is 4.18 Å². The summed E-state index contributed by atoms with van der Waals surface area (Å²) in [6.07, 6.45) is 0. The van der Waals surface area contributed by atoms with Crippen LogP contribution in [0.4, 0.5) is 0 Å². The second-order valence-corrected chi connectivity index (χ2v) is 5.53. The fraction of sp³-hybridized carbons (Fsp3) is 0. The maximum atomic E-state index is 12.0. The van der Waals surface area contributed by atoms with Crippen molar-refractivity contribution in [2.24, 2.45) is 0 Å². The summed E-state index contributed by atoms with van der Waals surface area (Å²) in [5.41, 5.74) is 0.312. The topological polar surface area (TPSA) is 67.2 Å². The Labute approximate surface area is 115 Å². The molecule has 0 fully saturated rings. The van der Waals surface area contributed by atoms with Crippen LogP contribution in [0.2, 0.25) is 5.02 Å². The lowest BCUT2D eigenvalue weighted by Gasteiger charge is -2.08. The smallest absolute Gasteiger partial charge is 0.340 e. The number of nitrogens with zero attached hydrogens (tertiary/aromatic N) is 1. The van der Waals surface area contributed by atoms with Crippen LogP contribution in [0.15, 0.2) is 53.4 Å². The number of rotatable bonds is 3. The van der Waals surface area contributed by atoms with Gasteiger partial charge in [-0.15, -0.1) is 0 Å². The van der Waals surface area contributed by atoms with Crippen LogP contribution in [0.3, 0.4) is 0 Å². The van der Waals surface area contributed by atoms with E-state index in [2.05, 4.69) is 0 Å². The molecule has 19 heavy (non-hydrogen) atoms. The van der Waals surface area contributed by atoms with Crippen molar-refractivity contribution < 1.29 is 12.6 Å². The molecule has 0 aliphatic heterocycles. The van der Waals surface area contributed by atoms with E-state index in [1.165, 1.54) is 30.3 Å². The molecular weight excluding hydrogens is 286 g/mol. The van der Waals surface area contributed by atoms with Gasteiger partial charge in [-0.05, 0) is 30.3 Å². The van der Waals surface area contributed by atoms with Gasteiger partial charge in [-0.2, -0.15) is 13.7 Å². The number of hydrogen-bond donors (Lipinski definition) is 0. The maximum absolute atomic E-state index is 12.0. The van der Waals surface area contributed by atoms with E-state index in [1.807, 2.05) is 6.07 Å². The van der Waals surface area contributed by atoms with Crippen molar-refractivity contribution in [3.63, 3.8) is 0 Å². The molecule has 0 N–H and O–H groups in total. The summed E-state index contributed by atoms with van der Waals surface area (Å²) >= 11 is 5.82. The molecule has 0 aliphatic carbocycles. The summed E-state index contributed by atoms with van der Waals surface area (Å²) in [5.74, 6) is 0.0685. The van der Waals surface area contributed by atoms with Gasteiger partial charge in [0, 0.05) is 0 Å². The lowest BCUT2D eigenvalue weighted by atomic mass is 10.2. The predicted molar refractivity (Wildman–Crippen MR) is 70.4 cm³/mol. The van der Waals surface area contributed by atoms with Crippen LogP contribution in [0, 0.1) is 11.3 Å². The van der Waals surface area contributed by atoms with Crippen molar-refractivity contribution in [2.45, 2.75) is 4.90 Å². The second kappa shape index (κ2) is 5.31. The molecule has 4 nitrogen and oxygen atoms in total. The minimum absolute atomic E-state index is 0.0685. The molecule has 0 aromatic heterocycles. The van der Waals surface area contributed by atoms with E-state index in [4.69, 9.17) is 21.0 Å². The molecule has 96 valence electrons. The van der Waals surface area contributed by atoms with Gasteiger partial charge < -0.3 is 4.18 Å². The van der Waals surface area contributed by atoms with Crippen molar-refractivity contribution in [3.05, 3.63) is 59.1 Å². The average molecular weight is 294 g/mol. The first kappa shape index (κ1) is 13.4. The van der Waals surface area contributed by atoms with Crippen LogP contribution in [-0.2, 0) is 10.1 Å². The Morgan fingerprint density at radius 3 is 2.53 bits per heavy atom. The molecular formula is C13H8ClNO3S. The highest BCUT2D eigenvalue weighted by Crippen LogP contribution is 2.24. The van der Waals surface area contributed by atoms with Crippen molar-refractivity contribution >= 4 is 21.7 Å². The van der Waals surface area contributed by atoms with Gasteiger partial charge >= 0.3 is 10.1 Å². The summed E-state index contributed by atoms with van der Waals surface area (Å²) in [6, 6.07) is 13.8. The van der Waals surface area contributed by atoms with Crippen LogP contribution in [-0.4, -0.2) is 8.42 Å². The first-order chi connectivity index (χ1) is 9.03. The standard InChI is InChI=1S/C13H8ClNO3S/c14-12-6-1-2-7-13(12)19(16,17)18-11-5-3-4-10(8-11)9-15/h1-8H. The van der Waals surface area contributed by atoms with Crippen LogP contribution in [0.25, 0.3) is 0 Å². The Hall–Kier alpha value is -2.03. The summed E-state index contributed by atoms with van der Waals surface area (Å²) in [4.78, 5) is -0.112. The fourth-order valence-corrected chi connectivity index (χ4v) is 2.85. The van der Waals surface area contributed by atoms with Crippen molar-refractivity contribution in [2.75, 3.05) is 0 Å². The predicted octanol–water partition coefficient (Wildman–Crippen LogP) is 2.98. The monoisotopic (exact) mass is 293 g/mol. The fourth-order valence-electron chi connectivity index (χ4n) is 1.44. The van der Waals surface area contributed by atoms with E-state index in [0.29, 0.717) is 5.56 Å². The van der Waals surface area contributed by atoms with Gasteiger partial charge in [-0.1, -0.05) is 29.8 Å². The number of halogens is 1. The third-order valence-electron chi connectivity index (χ3n) is 2.28. The zero-order chi connectivity index (χ0) is 13.9. The van der Waals surface area contributed by atoms with E-state index in [1.54, 1.807) is 18.2 Å². The molecule has 0 saturated heterocycles. The quantitative estimate of drug-likeness (QED) is 0.816. The normalized spacial score (nSPS) is 10.7. The average Bonchev–Trinajstić information content (AvgIpc) is 2.38. The van der Waals surface area contributed by atoms with Crippen molar-refractivity contribution in [3.8, 4) is 11.8 Å². The number of nitriles is 1.